The third kappa shape index (κ3) is 5.35. The molecule has 2 aromatic rings. The van der Waals surface area contributed by atoms with E-state index in [0.717, 1.165) is 31.4 Å². The van der Waals surface area contributed by atoms with Crippen molar-refractivity contribution < 1.29 is 27.1 Å². The second-order valence-electron chi connectivity index (χ2n) is 6.74. The topological polar surface area (TPSA) is 92.8 Å². The Balaban J connectivity index is 1.68. The number of piperidine rings is 1. The summed E-state index contributed by atoms with van der Waals surface area (Å²) in [7, 11) is -3.76. The maximum Gasteiger partial charge on any atom is 0.340 e. The average molecular weight is 455 g/mol. The van der Waals surface area contributed by atoms with Crippen LogP contribution in [0.2, 0.25) is 5.02 Å². The molecular formula is C20H20ClFN2O5S. The Bertz CT molecular complexity index is 1050. The van der Waals surface area contributed by atoms with Gasteiger partial charge in [0.1, 0.15) is 5.82 Å². The SMILES string of the molecule is O=C(COC(=O)c1cc(S(=O)(=O)N2CCCCC2)ccc1Cl)Nc1cccc(F)c1. The summed E-state index contributed by atoms with van der Waals surface area (Å²) in [5, 5.41) is 2.39. The zero-order valence-corrected chi connectivity index (χ0v) is 17.5. The first kappa shape index (κ1) is 22.2. The number of ether oxygens (including phenoxy) is 1. The van der Waals surface area contributed by atoms with Crippen molar-refractivity contribution in [2.24, 2.45) is 0 Å². The van der Waals surface area contributed by atoms with Gasteiger partial charge in [0.2, 0.25) is 10.0 Å². The molecule has 30 heavy (non-hydrogen) atoms. The fraction of sp³-hybridized carbons (Fsp3) is 0.300. The molecule has 0 unspecified atom stereocenters. The number of rotatable bonds is 6. The summed E-state index contributed by atoms with van der Waals surface area (Å²) < 4.78 is 45.1. The predicted molar refractivity (Wildman–Crippen MR) is 109 cm³/mol. The summed E-state index contributed by atoms with van der Waals surface area (Å²) in [6, 6.07) is 9.04. The van der Waals surface area contributed by atoms with Crippen LogP contribution in [-0.2, 0) is 19.6 Å². The lowest BCUT2D eigenvalue weighted by molar-refractivity contribution is -0.119. The lowest BCUT2D eigenvalue weighted by Gasteiger charge is -2.26. The standard InChI is InChI=1S/C20H20ClFN2O5S/c21-18-8-7-16(30(27,28)24-9-2-1-3-10-24)12-17(18)20(26)29-13-19(25)23-15-6-4-5-14(22)11-15/h4-8,11-12H,1-3,9-10,13H2,(H,23,25). The van der Waals surface area contributed by atoms with Crippen molar-refractivity contribution in [2.45, 2.75) is 24.2 Å². The largest absolute Gasteiger partial charge is 0.452 e. The van der Waals surface area contributed by atoms with E-state index in [1.54, 1.807) is 0 Å². The first-order chi connectivity index (χ1) is 14.3. The molecule has 1 amide bonds. The fourth-order valence-corrected chi connectivity index (χ4v) is 4.79. The van der Waals surface area contributed by atoms with Gasteiger partial charge in [-0.2, -0.15) is 4.31 Å². The van der Waals surface area contributed by atoms with Crippen LogP contribution < -0.4 is 5.32 Å². The maximum absolute atomic E-state index is 13.2. The van der Waals surface area contributed by atoms with E-state index in [0.29, 0.717) is 13.1 Å². The normalized spacial score (nSPS) is 14.9. The van der Waals surface area contributed by atoms with Gasteiger partial charge in [-0.05, 0) is 49.2 Å². The van der Waals surface area contributed by atoms with Crippen LogP contribution in [-0.4, -0.2) is 44.3 Å². The van der Waals surface area contributed by atoms with Crippen molar-refractivity contribution in [1.82, 2.24) is 4.31 Å². The van der Waals surface area contributed by atoms with E-state index >= 15 is 0 Å². The number of nitrogens with zero attached hydrogens (tertiary/aromatic N) is 1. The number of carbonyl (C=O) groups excluding carboxylic acids is 2. The fourth-order valence-electron chi connectivity index (χ4n) is 3.05. The lowest BCUT2D eigenvalue weighted by Crippen LogP contribution is -2.35. The number of hydrogen-bond acceptors (Lipinski definition) is 5. The zero-order chi connectivity index (χ0) is 21.7. The van der Waals surface area contributed by atoms with Gasteiger partial charge < -0.3 is 10.1 Å². The molecule has 0 saturated carbocycles. The van der Waals surface area contributed by atoms with Crippen LogP contribution in [0.4, 0.5) is 10.1 Å². The number of carbonyl (C=O) groups is 2. The molecule has 0 atom stereocenters. The van der Waals surface area contributed by atoms with Crippen LogP contribution in [0, 0.1) is 5.82 Å². The molecule has 1 fully saturated rings. The highest BCUT2D eigenvalue weighted by atomic mass is 35.5. The van der Waals surface area contributed by atoms with E-state index in [1.807, 2.05) is 0 Å². The molecular weight excluding hydrogens is 435 g/mol. The highest BCUT2D eigenvalue weighted by molar-refractivity contribution is 7.89. The minimum Gasteiger partial charge on any atom is -0.452 e. The van der Waals surface area contributed by atoms with E-state index < -0.39 is 34.3 Å². The minimum absolute atomic E-state index is 0.00290. The summed E-state index contributed by atoms with van der Waals surface area (Å²) in [4.78, 5) is 24.2. The lowest BCUT2D eigenvalue weighted by atomic mass is 10.2. The van der Waals surface area contributed by atoms with Gasteiger partial charge in [0.05, 0.1) is 15.5 Å². The van der Waals surface area contributed by atoms with E-state index in [1.165, 1.54) is 34.6 Å². The number of sulfonamides is 1. The maximum atomic E-state index is 13.2. The molecule has 2 aromatic carbocycles. The molecule has 1 aliphatic heterocycles. The Labute approximate surface area is 178 Å². The van der Waals surface area contributed by atoms with Crippen LogP contribution in [0.25, 0.3) is 0 Å². The van der Waals surface area contributed by atoms with Gasteiger partial charge in [-0.25, -0.2) is 17.6 Å². The second-order valence-corrected chi connectivity index (χ2v) is 9.09. The average Bonchev–Trinajstić information content (AvgIpc) is 2.73. The van der Waals surface area contributed by atoms with Crippen molar-refractivity contribution in [2.75, 3.05) is 25.0 Å². The predicted octanol–water partition coefficient (Wildman–Crippen LogP) is 3.45. The molecule has 0 bridgehead atoms. The summed E-state index contributed by atoms with van der Waals surface area (Å²) in [5.41, 5.74) is 0.0528. The molecule has 10 heteroatoms. The van der Waals surface area contributed by atoms with Gasteiger partial charge >= 0.3 is 5.97 Å². The van der Waals surface area contributed by atoms with Crippen molar-refractivity contribution in [3.05, 3.63) is 58.9 Å². The Morgan fingerprint density at radius 3 is 2.53 bits per heavy atom. The molecule has 0 radical (unpaired) electrons. The highest BCUT2D eigenvalue weighted by Gasteiger charge is 2.27. The molecule has 1 aliphatic rings. The first-order valence-corrected chi connectivity index (χ1v) is 11.1. The highest BCUT2D eigenvalue weighted by Crippen LogP contribution is 2.25. The Morgan fingerprint density at radius 2 is 1.83 bits per heavy atom. The number of halogens is 2. The molecule has 3 rings (SSSR count). The Kier molecular flexibility index (Phi) is 7.06. The van der Waals surface area contributed by atoms with Crippen LogP contribution in [0.1, 0.15) is 29.6 Å². The molecule has 0 aliphatic carbocycles. The third-order valence-electron chi connectivity index (χ3n) is 4.55. The molecule has 0 spiro atoms. The Hall–Kier alpha value is -2.49. The first-order valence-electron chi connectivity index (χ1n) is 9.29. The monoisotopic (exact) mass is 454 g/mol. The summed E-state index contributed by atoms with van der Waals surface area (Å²) in [6.45, 7) is 0.199. The van der Waals surface area contributed by atoms with Gasteiger partial charge in [0, 0.05) is 18.8 Å². The van der Waals surface area contributed by atoms with Gasteiger partial charge in [-0.15, -0.1) is 0 Å². The number of nitrogens with one attached hydrogen (secondary N) is 1. The number of hydrogen-bond donors (Lipinski definition) is 1. The van der Waals surface area contributed by atoms with E-state index in [-0.39, 0.29) is 21.2 Å². The molecule has 1 heterocycles. The Morgan fingerprint density at radius 1 is 1.10 bits per heavy atom. The van der Waals surface area contributed by atoms with E-state index in [2.05, 4.69) is 5.32 Å². The van der Waals surface area contributed by atoms with Crippen LogP contribution in [0.15, 0.2) is 47.4 Å². The van der Waals surface area contributed by atoms with Crippen molar-refractivity contribution >= 4 is 39.2 Å². The third-order valence-corrected chi connectivity index (χ3v) is 6.78. The van der Waals surface area contributed by atoms with Crippen LogP contribution in [0.5, 0.6) is 0 Å². The minimum atomic E-state index is -3.76. The van der Waals surface area contributed by atoms with Crippen molar-refractivity contribution in [3.63, 3.8) is 0 Å². The van der Waals surface area contributed by atoms with Crippen LogP contribution in [0.3, 0.4) is 0 Å². The van der Waals surface area contributed by atoms with Gasteiger partial charge in [-0.3, -0.25) is 4.79 Å². The zero-order valence-electron chi connectivity index (χ0n) is 15.9. The molecule has 0 aromatic heterocycles. The summed E-state index contributed by atoms with van der Waals surface area (Å²) in [5.74, 6) is -2.14. The van der Waals surface area contributed by atoms with Crippen molar-refractivity contribution in [1.29, 1.82) is 0 Å². The second kappa shape index (κ2) is 9.55. The molecule has 160 valence electrons. The molecule has 7 nitrogen and oxygen atoms in total. The number of esters is 1. The van der Waals surface area contributed by atoms with E-state index in [4.69, 9.17) is 16.3 Å². The smallest absolute Gasteiger partial charge is 0.340 e. The van der Waals surface area contributed by atoms with E-state index in [9.17, 15) is 22.4 Å². The summed E-state index contributed by atoms with van der Waals surface area (Å²) >= 11 is 6.04. The van der Waals surface area contributed by atoms with Gasteiger partial charge in [0.25, 0.3) is 5.91 Å². The molecule has 1 N–H and O–H groups in total. The number of amides is 1. The van der Waals surface area contributed by atoms with Gasteiger partial charge in [-0.1, -0.05) is 24.1 Å². The number of benzene rings is 2. The van der Waals surface area contributed by atoms with Gasteiger partial charge in [0.15, 0.2) is 6.61 Å². The quantitative estimate of drug-likeness (QED) is 0.675. The van der Waals surface area contributed by atoms with Crippen molar-refractivity contribution in [3.8, 4) is 0 Å². The number of anilines is 1. The summed E-state index contributed by atoms with van der Waals surface area (Å²) in [6.07, 6.45) is 2.53. The molecule has 1 saturated heterocycles. The van der Waals surface area contributed by atoms with Crippen LogP contribution >= 0.6 is 11.6 Å².